The van der Waals surface area contributed by atoms with Crippen LogP contribution in [-0.4, -0.2) is 32.0 Å². The smallest absolute Gasteiger partial charge is 0.267 e. The molecule has 3 rings (SSSR count). The largest absolute Gasteiger partial charge is 0.353 e. The molecule has 138 valence electrons. The summed E-state index contributed by atoms with van der Waals surface area (Å²) >= 11 is 0. The Balaban J connectivity index is 1.64. The van der Waals surface area contributed by atoms with Crippen LogP contribution in [-0.2, 0) is 17.9 Å². The van der Waals surface area contributed by atoms with Crippen LogP contribution in [0.2, 0.25) is 0 Å². The molecular weight excluding hydrogens is 346 g/mol. The van der Waals surface area contributed by atoms with Crippen molar-refractivity contribution in [3.05, 3.63) is 81.0 Å². The Labute approximate surface area is 155 Å². The Morgan fingerprint density at radius 1 is 1.00 bits per heavy atom. The molecule has 2 heterocycles. The molecule has 0 saturated carbocycles. The number of carbonyl (C=O) groups excluding carboxylic acids is 1. The number of amides is 1. The van der Waals surface area contributed by atoms with E-state index < -0.39 is 0 Å². The van der Waals surface area contributed by atoms with E-state index in [-0.39, 0.29) is 36.7 Å². The molecule has 27 heavy (non-hydrogen) atoms. The van der Waals surface area contributed by atoms with Gasteiger partial charge in [0.2, 0.25) is 5.91 Å². The average molecular weight is 365 g/mol. The quantitative estimate of drug-likeness (QED) is 0.689. The van der Waals surface area contributed by atoms with Gasteiger partial charge in [0, 0.05) is 30.4 Å². The summed E-state index contributed by atoms with van der Waals surface area (Å²) in [5.41, 5.74) is 2.00. The number of carbonyl (C=O) groups is 1. The van der Waals surface area contributed by atoms with Gasteiger partial charge >= 0.3 is 0 Å². The van der Waals surface area contributed by atoms with Gasteiger partial charge in [0.25, 0.3) is 11.1 Å². The molecule has 0 aliphatic carbocycles. The third kappa shape index (κ3) is 4.75. The third-order valence-electron chi connectivity index (χ3n) is 3.94. The first kappa shape index (κ1) is 18.2. The van der Waals surface area contributed by atoms with E-state index in [2.05, 4.69) is 15.5 Å². The molecule has 0 spiro atoms. The summed E-state index contributed by atoms with van der Waals surface area (Å²) in [5, 5.41) is 10.8. The molecule has 0 fully saturated rings. The maximum atomic E-state index is 12.1. The van der Waals surface area contributed by atoms with E-state index in [9.17, 15) is 14.4 Å². The van der Waals surface area contributed by atoms with Gasteiger partial charge in [-0.15, -0.1) is 0 Å². The topological polar surface area (TPSA) is 98.9 Å². The fourth-order valence-electron chi connectivity index (χ4n) is 2.49. The van der Waals surface area contributed by atoms with Gasteiger partial charge in [-0.05, 0) is 19.1 Å². The molecule has 2 aromatic heterocycles. The molecule has 0 unspecified atom stereocenters. The molecule has 8 nitrogen and oxygen atoms in total. The molecule has 0 saturated heterocycles. The number of nitrogens with one attached hydrogen (secondary N) is 1. The molecule has 0 aliphatic rings. The third-order valence-corrected chi connectivity index (χ3v) is 3.94. The van der Waals surface area contributed by atoms with Crippen molar-refractivity contribution in [3.8, 4) is 11.3 Å². The van der Waals surface area contributed by atoms with Gasteiger partial charge in [0.15, 0.2) is 0 Å². The van der Waals surface area contributed by atoms with Crippen molar-refractivity contribution in [3.63, 3.8) is 0 Å². The zero-order valence-corrected chi connectivity index (χ0v) is 14.8. The molecule has 1 aromatic carbocycles. The van der Waals surface area contributed by atoms with E-state index in [4.69, 9.17) is 0 Å². The molecule has 3 aromatic rings. The van der Waals surface area contributed by atoms with Crippen molar-refractivity contribution in [1.82, 2.24) is 24.9 Å². The Hall–Kier alpha value is -3.55. The molecule has 0 atom stereocenters. The summed E-state index contributed by atoms with van der Waals surface area (Å²) in [4.78, 5) is 35.7. The summed E-state index contributed by atoms with van der Waals surface area (Å²) in [6.45, 7) is 2.26. The molecule has 1 amide bonds. The fourth-order valence-corrected chi connectivity index (χ4v) is 2.49. The minimum Gasteiger partial charge on any atom is -0.353 e. The van der Waals surface area contributed by atoms with Crippen LogP contribution >= 0.6 is 0 Å². The minimum absolute atomic E-state index is 0.199. The molecule has 0 radical (unpaired) electrons. The van der Waals surface area contributed by atoms with Crippen LogP contribution < -0.4 is 16.4 Å². The number of hydrogen-bond donors (Lipinski definition) is 1. The van der Waals surface area contributed by atoms with Gasteiger partial charge in [0.05, 0.1) is 12.2 Å². The van der Waals surface area contributed by atoms with Crippen molar-refractivity contribution in [1.29, 1.82) is 0 Å². The molecule has 0 aliphatic heterocycles. The van der Waals surface area contributed by atoms with Gasteiger partial charge in [-0.25, -0.2) is 9.36 Å². The number of benzene rings is 1. The fraction of sp³-hybridized carbons (Fsp3) is 0.211. The Kier molecular flexibility index (Phi) is 5.55. The second-order valence-electron chi connectivity index (χ2n) is 6.02. The molecule has 1 N–H and O–H groups in total. The van der Waals surface area contributed by atoms with Crippen LogP contribution in [0, 0.1) is 6.92 Å². The van der Waals surface area contributed by atoms with E-state index in [1.54, 1.807) is 12.1 Å². The number of aryl methyl sites for hydroxylation is 1. The van der Waals surface area contributed by atoms with Crippen molar-refractivity contribution >= 4 is 5.91 Å². The van der Waals surface area contributed by atoms with Gasteiger partial charge in [-0.3, -0.25) is 14.4 Å². The van der Waals surface area contributed by atoms with E-state index in [1.807, 2.05) is 31.2 Å². The van der Waals surface area contributed by atoms with Crippen LogP contribution in [0.1, 0.15) is 5.56 Å². The van der Waals surface area contributed by atoms with E-state index in [0.717, 1.165) is 15.8 Å². The first-order chi connectivity index (χ1) is 13.0. The Morgan fingerprint density at radius 2 is 1.74 bits per heavy atom. The standard InChI is InChI=1S/C19H19N5O3/c1-14-4-6-15(7-5-14)16-8-9-19(27)24(22-16)13-17(25)20-11-12-23-18(26)3-2-10-21-23/h2-10H,11-13H2,1H3,(H,20,25). The van der Waals surface area contributed by atoms with Crippen molar-refractivity contribution in [2.45, 2.75) is 20.0 Å². The minimum atomic E-state index is -0.366. The average Bonchev–Trinajstić information content (AvgIpc) is 2.66. The van der Waals surface area contributed by atoms with Gasteiger partial charge < -0.3 is 5.32 Å². The highest BCUT2D eigenvalue weighted by molar-refractivity contribution is 5.75. The summed E-state index contributed by atoms with van der Waals surface area (Å²) in [6, 6.07) is 13.7. The van der Waals surface area contributed by atoms with Crippen molar-refractivity contribution in [2.75, 3.05) is 6.54 Å². The predicted octanol–water partition coefficient (Wildman–Crippen LogP) is 0.592. The second-order valence-corrected chi connectivity index (χ2v) is 6.02. The lowest BCUT2D eigenvalue weighted by Gasteiger charge is -2.09. The zero-order chi connectivity index (χ0) is 19.2. The van der Waals surface area contributed by atoms with Crippen molar-refractivity contribution < 1.29 is 4.79 Å². The van der Waals surface area contributed by atoms with Gasteiger partial charge in [-0.2, -0.15) is 10.2 Å². The normalized spacial score (nSPS) is 10.6. The number of aromatic nitrogens is 4. The number of rotatable bonds is 6. The Bertz CT molecular complexity index is 1050. The summed E-state index contributed by atoms with van der Waals surface area (Å²) in [7, 11) is 0. The van der Waals surface area contributed by atoms with Gasteiger partial charge in [0.1, 0.15) is 6.54 Å². The molecule has 8 heteroatoms. The number of nitrogens with zero attached hydrogens (tertiary/aromatic N) is 4. The lowest BCUT2D eigenvalue weighted by molar-refractivity contribution is -0.121. The van der Waals surface area contributed by atoms with E-state index in [0.29, 0.717) is 5.69 Å². The van der Waals surface area contributed by atoms with Crippen LogP contribution in [0.4, 0.5) is 0 Å². The molecule has 0 bridgehead atoms. The van der Waals surface area contributed by atoms with Crippen LogP contribution in [0.15, 0.2) is 64.3 Å². The highest BCUT2D eigenvalue weighted by Crippen LogP contribution is 2.15. The maximum Gasteiger partial charge on any atom is 0.267 e. The summed E-state index contributed by atoms with van der Waals surface area (Å²) in [6.07, 6.45) is 1.50. The van der Waals surface area contributed by atoms with Crippen LogP contribution in [0.25, 0.3) is 11.3 Å². The zero-order valence-electron chi connectivity index (χ0n) is 14.8. The van der Waals surface area contributed by atoms with E-state index in [1.165, 1.54) is 23.0 Å². The first-order valence-electron chi connectivity index (χ1n) is 8.47. The number of hydrogen-bond acceptors (Lipinski definition) is 5. The SMILES string of the molecule is Cc1ccc(-c2ccc(=O)n(CC(=O)NCCn3ncccc3=O)n2)cc1. The lowest BCUT2D eigenvalue weighted by atomic mass is 10.1. The Morgan fingerprint density at radius 3 is 2.48 bits per heavy atom. The monoisotopic (exact) mass is 365 g/mol. The first-order valence-corrected chi connectivity index (χ1v) is 8.47. The summed E-state index contributed by atoms with van der Waals surface area (Å²) in [5.74, 6) is -0.366. The molecular formula is C19H19N5O3. The van der Waals surface area contributed by atoms with E-state index >= 15 is 0 Å². The summed E-state index contributed by atoms with van der Waals surface area (Å²) < 4.78 is 2.38. The second kappa shape index (κ2) is 8.22. The highest BCUT2D eigenvalue weighted by Gasteiger charge is 2.08. The maximum absolute atomic E-state index is 12.1. The highest BCUT2D eigenvalue weighted by atomic mass is 16.2. The van der Waals surface area contributed by atoms with Crippen molar-refractivity contribution in [2.24, 2.45) is 0 Å². The van der Waals surface area contributed by atoms with Crippen LogP contribution in [0.3, 0.4) is 0 Å². The van der Waals surface area contributed by atoms with Crippen LogP contribution in [0.5, 0.6) is 0 Å². The van der Waals surface area contributed by atoms with Gasteiger partial charge in [-0.1, -0.05) is 29.8 Å². The predicted molar refractivity (Wildman–Crippen MR) is 100 cm³/mol. The lowest BCUT2D eigenvalue weighted by Crippen LogP contribution is -2.36.